The Hall–Kier alpha value is -0.950. The molecule has 2 rings (SSSR count). The van der Waals surface area contributed by atoms with Gasteiger partial charge in [-0.25, -0.2) is 4.79 Å². The SMILES string of the molecule is O=C(O)C(O)c1ccc(CCN2CCOCC2)c(Br)c1. The number of carbonyl (C=O) groups is 1. The molecule has 1 aliphatic rings. The van der Waals surface area contributed by atoms with Crippen molar-refractivity contribution >= 4 is 21.9 Å². The maximum atomic E-state index is 10.7. The average Bonchev–Trinajstić information content (AvgIpc) is 2.46. The van der Waals surface area contributed by atoms with Gasteiger partial charge in [0.2, 0.25) is 0 Å². The molecule has 1 unspecified atom stereocenters. The maximum Gasteiger partial charge on any atom is 0.337 e. The number of rotatable bonds is 5. The van der Waals surface area contributed by atoms with Gasteiger partial charge in [0.25, 0.3) is 0 Å². The zero-order chi connectivity index (χ0) is 14.5. The van der Waals surface area contributed by atoms with Gasteiger partial charge in [-0.3, -0.25) is 4.90 Å². The summed E-state index contributed by atoms with van der Waals surface area (Å²) in [5, 5.41) is 18.3. The largest absolute Gasteiger partial charge is 0.479 e. The highest BCUT2D eigenvalue weighted by Crippen LogP contribution is 2.23. The monoisotopic (exact) mass is 343 g/mol. The fraction of sp³-hybridized carbons (Fsp3) is 0.500. The van der Waals surface area contributed by atoms with Crippen molar-refractivity contribution in [3.8, 4) is 0 Å². The second-order valence-corrected chi connectivity index (χ2v) is 5.65. The maximum absolute atomic E-state index is 10.7. The van der Waals surface area contributed by atoms with Gasteiger partial charge in [-0.1, -0.05) is 28.1 Å². The van der Waals surface area contributed by atoms with E-state index in [9.17, 15) is 9.90 Å². The molecular weight excluding hydrogens is 326 g/mol. The van der Waals surface area contributed by atoms with Gasteiger partial charge >= 0.3 is 5.97 Å². The molecule has 1 heterocycles. The molecule has 0 bridgehead atoms. The lowest BCUT2D eigenvalue weighted by molar-refractivity contribution is -0.146. The average molecular weight is 344 g/mol. The second kappa shape index (κ2) is 7.17. The summed E-state index contributed by atoms with van der Waals surface area (Å²) in [7, 11) is 0. The number of halogens is 1. The Morgan fingerprint density at radius 3 is 2.70 bits per heavy atom. The third kappa shape index (κ3) is 4.02. The van der Waals surface area contributed by atoms with Crippen LogP contribution in [0.3, 0.4) is 0 Å². The van der Waals surface area contributed by atoms with Crippen molar-refractivity contribution in [3.05, 3.63) is 33.8 Å². The van der Waals surface area contributed by atoms with Crippen LogP contribution in [0.15, 0.2) is 22.7 Å². The molecule has 0 spiro atoms. The number of carboxylic acid groups (broad SMARTS) is 1. The van der Waals surface area contributed by atoms with Crippen molar-refractivity contribution < 1.29 is 19.7 Å². The molecule has 1 aliphatic heterocycles. The van der Waals surface area contributed by atoms with E-state index in [0.717, 1.165) is 49.3 Å². The van der Waals surface area contributed by atoms with E-state index >= 15 is 0 Å². The van der Waals surface area contributed by atoms with Gasteiger partial charge in [0, 0.05) is 24.1 Å². The zero-order valence-corrected chi connectivity index (χ0v) is 12.7. The summed E-state index contributed by atoms with van der Waals surface area (Å²) in [4.78, 5) is 13.1. The van der Waals surface area contributed by atoms with Gasteiger partial charge in [0.1, 0.15) is 0 Å². The minimum atomic E-state index is -1.47. The number of benzene rings is 1. The molecule has 1 aromatic rings. The molecule has 5 nitrogen and oxygen atoms in total. The van der Waals surface area contributed by atoms with Crippen molar-refractivity contribution in [2.45, 2.75) is 12.5 Å². The summed E-state index contributed by atoms with van der Waals surface area (Å²) in [5.41, 5.74) is 1.50. The van der Waals surface area contributed by atoms with Crippen molar-refractivity contribution in [2.24, 2.45) is 0 Å². The molecule has 1 fully saturated rings. The first-order valence-corrected chi connectivity index (χ1v) is 7.36. The predicted octanol–water partition coefficient (Wildman–Crippen LogP) is 1.44. The fourth-order valence-electron chi connectivity index (χ4n) is 2.18. The number of hydrogen-bond acceptors (Lipinski definition) is 4. The van der Waals surface area contributed by atoms with Gasteiger partial charge in [0.15, 0.2) is 6.10 Å². The van der Waals surface area contributed by atoms with Gasteiger partial charge < -0.3 is 14.9 Å². The van der Waals surface area contributed by atoms with E-state index in [2.05, 4.69) is 20.8 Å². The van der Waals surface area contributed by atoms with Gasteiger partial charge in [-0.05, 0) is 23.6 Å². The molecule has 0 amide bonds. The zero-order valence-electron chi connectivity index (χ0n) is 11.1. The van der Waals surface area contributed by atoms with Crippen LogP contribution in [-0.2, 0) is 16.0 Å². The highest BCUT2D eigenvalue weighted by molar-refractivity contribution is 9.10. The third-order valence-corrected chi connectivity index (χ3v) is 4.17. The van der Waals surface area contributed by atoms with E-state index in [1.165, 1.54) is 0 Å². The molecule has 1 aromatic carbocycles. The van der Waals surface area contributed by atoms with E-state index in [-0.39, 0.29) is 0 Å². The van der Waals surface area contributed by atoms with Crippen LogP contribution in [0.5, 0.6) is 0 Å². The first-order valence-electron chi connectivity index (χ1n) is 6.57. The molecule has 110 valence electrons. The normalized spacial score (nSPS) is 17.9. The van der Waals surface area contributed by atoms with Crippen LogP contribution in [0, 0.1) is 0 Å². The van der Waals surface area contributed by atoms with Crippen molar-refractivity contribution in [1.29, 1.82) is 0 Å². The van der Waals surface area contributed by atoms with E-state index < -0.39 is 12.1 Å². The smallest absolute Gasteiger partial charge is 0.337 e. The molecule has 0 aromatic heterocycles. The van der Waals surface area contributed by atoms with Crippen LogP contribution in [-0.4, -0.2) is 53.9 Å². The van der Waals surface area contributed by atoms with Gasteiger partial charge in [-0.2, -0.15) is 0 Å². The van der Waals surface area contributed by atoms with E-state index in [1.54, 1.807) is 12.1 Å². The molecule has 1 atom stereocenters. The van der Waals surface area contributed by atoms with Crippen molar-refractivity contribution in [3.63, 3.8) is 0 Å². The lowest BCUT2D eigenvalue weighted by Crippen LogP contribution is -2.37. The van der Waals surface area contributed by atoms with E-state index in [1.807, 2.05) is 6.07 Å². The topological polar surface area (TPSA) is 70.0 Å². The Balaban J connectivity index is 1.96. The lowest BCUT2D eigenvalue weighted by atomic mass is 10.1. The van der Waals surface area contributed by atoms with Crippen molar-refractivity contribution in [2.75, 3.05) is 32.8 Å². The number of hydrogen-bond donors (Lipinski definition) is 2. The van der Waals surface area contributed by atoms with Crippen LogP contribution >= 0.6 is 15.9 Å². The molecule has 20 heavy (non-hydrogen) atoms. The summed E-state index contributed by atoms with van der Waals surface area (Å²) >= 11 is 3.44. The number of aliphatic hydroxyl groups excluding tert-OH is 1. The Morgan fingerprint density at radius 1 is 1.40 bits per heavy atom. The molecule has 0 aliphatic carbocycles. The predicted molar refractivity (Wildman–Crippen MR) is 77.7 cm³/mol. The quantitative estimate of drug-likeness (QED) is 0.846. The highest BCUT2D eigenvalue weighted by Gasteiger charge is 2.17. The van der Waals surface area contributed by atoms with Crippen LogP contribution in [0.4, 0.5) is 0 Å². The Bertz CT molecular complexity index is 474. The van der Waals surface area contributed by atoms with Crippen LogP contribution in [0.25, 0.3) is 0 Å². The third-order valence-electron chi connectivity index (χ3n) is 3.43. The molecule has 2 N–H and O–H groups in total. The molecule has 0 saturated carbocycles. The molecule has 6 heteroatoms. The van der Waals surface area contributed by atoms with Crippen LogP contribution in [0.1, 0.15) is 17.2 Å². The second-order valence-electron chi connectivity index (χ2n) is 4.80. The van der Waals surface area contributed by atoms with Crippen LogP contribution in [0.2, 0.25) is 0 Å². The molecular formula is C14H18BrNO4. The first-order chi connectivity index (χ1) is 9.58. The number of nitrogens with zero attached hydrogens (tertiary/aromatic N) is 1. The molecule has 0 radical (unpaired) electrons. The fourth-order valence-corrected chi connectivity index (χ4v) is 2.78. The standard InChI is InChI=1S/C14H18BrNO4/c15-12-9-11(13(17)14(18)19)2-1-10(12)3-4-16-5-7-20-8-6-16/h1-2,9,13,17H,3-8H2,(H,18,19). The van der Waals surface area contributed by atoms with Gasteiger partial charge in [0.05, 0.1) is 13.2 Å². The summed E-state index contributed by atoms with van der Waals surface area (Å²) < 4.78 is 6.14. The van der Waals surface area contributed by atoms with E-state index in [4.69, 9.17) is 9.84 Å². The summed E-state index contributed by atoms with van der Waals surface area (Å²) in [6.45, 7) is 4.42. The summed E-state index contributed by atoms with van der Waals surface area (Å²) in [5.74, 6) is -1.24. The van der Waals surface area contributed by atoms with E-state index in [0.29, 0.717) is 5.56 Å². The Morgan fingerprint density at radius 2 is 2.10 bits per heavy atom. The number of aliphatic carboxylic acids is 1. The number of ether oxygens (including phenoxy) is 1. The van der Waals surface area contributed by atoms with Crippen LogP contribution < -0.4 is 0 Å². The summed E-state index contributed by atoms with van der Waals surface area (Å²) in [6.07, 6.45) is -0.594. The number of aliphatic hydroxyl groups is 1. The minimum absolute atomic E-state index is 0.388. The van der Waals surface area contributed by atoms with Gasteiger partial charge in [-0.15, -0.1) is 0 Å². The molecule has 1 saturated heterocycles. The van der Waals surface area contributed by atoms with Crippen molar-refractivity contribution in [1.82, 2.24) is 4.90 Å². The lowest BCUT2D eigenvalue weighted by Gasteiger charge is -2.26. The Labute approximate surface area is 126 Å². The Kier molecular flexibility index (Phi) is 5.54. The number of morpholine rings is 1. The first kappa shape index (κ1) is 15.4. The number of carboxylic acids is 1. The highest BCUT2D eigenvalue weighted by atomic mass is 79.9. The minimum Gasteiger partial charge on any atom is -0.479 e. The summed E-state index contributed by atoms with van der Waals surface area (Å²) in [6, 6.07) is 5.21.